The molecule has 3 rings (SSSR count). The van der Waals surface area contributed by atoms with E-state index >= 15 is 0 Å². The van der Waals surface area contributed by atoms with Crippen LogP contribution in [0.5, 0.6) is 0 Å². The monoisotopic (exact) mass is 389 g/mol. The van der Waals surface area contributed by atoms with Gasteiger partial charge in [0.25, 0.3) is 0 Å². The number of benzene rings is 1. The molecule has 3 aromatic rings. The van der Waals surface area contributed by atoms with E-state index in [0.717, 1.165) is 6.42 Å². The fraction of sp³-hybridized carbons (Fsp3) is 0.316. The quantitative estimate of drug-likeness (QED) is 0.418. The van der Waals surface area contributed by atoms with Gasteiger partial charge >= 0.3 is 5.97 Å². The highest BCUT2D eigenvalue weighted by Crippen LogP contribution is 2.32. The number of halogens is 1. The highest BCUT2D eigenvalue weighted by atomic mass is 32.2. The van der Waals surface area contributed by atoms with Crippen molar-refractivity contribution < 1.29 is 18.3 Å². The van der Waals surface area contributed by atoms with Crippen molar-refractivity contribution in [2.24, 2.45) is 0 Å². The molecular weight excluding hydrogens is 369 g/mol. The lowest BCUT2D eigenvalue weighted by Gasteiger charge is -2.15. The highest BCUT2D eigenvalue weighted by molar-refractivity contribution is 8.00. The number of thioether (sulfide) groups is 1. The molecule has 0 N–H and O–H groups in total. The van der Waals surface area contributed by atoms with Gasteiger partial charge in [0.2, 0.25) is 5.82 Å². The summed E-state index contributed by atoms with van der Waals surface area (Å²) in [5, 5.41) is 8.59. The first-order valence-electron chi connectivity index (χ1n) is 8.72. The molecular formula is C19H20FN3O3S. The van der Waals surface area contributed by atoms with E-state index in [-0.39, 0.29) is 11.8 Å². The minimum Gasteiger partial charge on any atom is -0.465 e. The third-order valence-electron chi connectivity index (χ3n) is 3.81. The summed E-state index contributed by atoms with van der Waals surface area (Å²) in [7, 11) is 0. The second kappa shape index (κ2) is 8.85. The summed E-state index contributed by atoms with van der Waals surface area (Å²) in [4.78, 5) is 12.3. The molecule has 0 bridgehead atoms. The first-order chi connectivity index (χ1) is 13.1. The Hall–Kier alpha value is -2.61. The van der Waals surface area contributed by atoms with Gasteiger partial charge in [0.1, 0.15) is 11.1 Å². The van der Waals surface area contributed by atoms with E-state index in [9.17, 15) is 9.18 Å². The predicted octanol–water partition coefficient (Wildman–Crippen LogP) is 4.49. The van der Waals surface area contributed by atoms with Crippen molar-refractivity contribution >= 4 is 17.7 Å². The maximum absolute atomic E-state index is 13.4. The minimum atomic E-state index is -0.400. The van der Waals surface area contributed by atoms with Gasteiger partial charge in [-0.3, -0.25) is 9.36 Å². The van der Waals surface area contributed by atoms with Crippen molar-refractivity contribution in [1.82, 2.24) is 14.8 Å². The third-order valence-corrected chi connectivity index (χ3v) is 5.00. The van der Waals surface area contributed by atoms with Crippen LogP contribution in [0.25, 0.3) is 17.3 Å². The molecule has 27 heavy (non-hydrogen) atoms. The molecule has 0 spiro atoms. The summed E-state index contributed by atoms with van der Waals surface area (Å²) in [6, 6.07) is 9.52. The largest absolute Gasteiger partial charge is 0.465 e. The Morgan fingerprint density at radius 2 is 2.04 bits per heavy atom. The molecule has 2 heterocycles. The average Bonchev–Trinajstić information content (AvgIpc) is 3.32. The lowest BCUT2D eigenvalue weighted by Crippen LogP contribution is -2.20. The Balaban J connectivity index is 2.02. The van der Waals surface area contributed by atoms with Crippen molar-refractivity contribution in [2.75, 3.05) is 6.61 Å². The standard InChI is InChI=1S/C19H20FN3O3S/c1-3-6-16(18(24)25-4-2)27-19-22-21-17(15-7-5-12-26-15)23(19)14-10-8-13(20)9-11-14/h5,7-12,16H,3-4,6H2,1-2H3/t16-/m1/s1. The first kappa shape index (κ1) is 19.2. The molecule has 0 aliphatic heterocycles. The summed E-state index contributed by atoms with van der Waals surface area (Å²) in [6.45, 7) is 4.11. The summed E-state index contributed by atoms with van der Waals surface area (Å²) >= 11 is 1.28. The molecule has 0 radical (unpaired) electrons. The Morgan fingerprint density at radius 1 is 1.26 bits per heavy atom. The van der Waals surface area contributed by atoms with Gasteiger partial charge in [0.05, 0.1) is 18.6 Å². The lowest BCUT2D eigenvalue weighted by atomic mass is 10.2. The number of carbonyl (C=O) groups is 1. The third kappa shape index (κ3) is 4.39. The number of rotatable bonds is 8. The molecule has 1 atom stereocenters. The number of hydrogen-bond acceptors (Lipinski definition) is 6. The summed E-state index contributed by atoms with van der Waals surface area (Å²) in [5.74, 6) is 0.392. The minimum absolute atomic E-state index is 0.280. The van der Waals surface area contributed by atoms with Crippen LogP contribution in [0, 0.1) is 5.82 Å². The Kier molecular flexibility index (Phi) is 6.28. The zero-order chi connectivity index (χ0) is 19.2. The van der Waals surface area contributed by atoms with Crippen LogP contribution in [0.1, 0.15) is 26.7 Å². The van der Waals surface area contributed by atoms with Gasteiger partial charge in [0.15, 0.2) is 10.9 Å². The zero-order valence-electron chi connectivity index (χ0n) is 15.1. The highest BCUT2D eigenvalue weighted by Gasteiger charge is 2.26. The van der Waals surface area contributed by atoms with Gasteiger partial charge in [-0.25, -0.2) is 4.39 Å². The molecule has 0 aliphatic rings. The van der Waals surface area contributed by atoms with Gasteiger partial charge in [0, 0.05) is 0 Å². The van der Waals surface area contributed by atoms with Crippen LogP contribution in [0.4, 0.5) is 4.39 Å². The molecule has 6 nitrogen and oxygen atoms in total. The van der Waals surface area contributed by atoms with Crippen LogP contribution in [0.2, 0.25) is 0 Å². The van der Waals surface area contributed by atoms with Gasteiger partial charge in [-0.15, -0.1) is 10.2 Å². The normalized spacial score (nSPS) is 12.1. The Bertz CT molecular complexity index is 878. The van der Waals surface area contributed by atoms with E-state index in [0.29, 0.717) is 35.5 Å². The number of esters is 1. The molecule has 1 aromatic carbocycles. The average molecular weight is 389 g/mol. The zero-order valence-corrected chi connectivity index (χ0v) is 15.9. The van der Waals surface area contributed by atoms with Crippen LogP contribution < -0.4 is 0 Å². The number of hydrogen-bond donors (Lipinski definition) is 0. The molecule has 8 heteroatoms. The lowest BCUT2D eigenvalue weighted by molar-refractivity contribution is -0.142. The van der Waals surface area contributed by atoms with Crippen LogP contribution in [-0.4, -0.2) is 32.6 Å². The maximum Gasteiger partial charge on any atom is 0.319 e. The molecule has 0 saturated heterocycles. The van der Waals surface area contributed by atoms with Crippen LogP contribution in [0.15, 0.2) is 52.2 Å². The molecule has 0 aliphatic carbocycles. The molecule has 0 saturated carbocycles. The smallest absolute Gasteiger partial charge is 0.319 e. The van der Waals surface area contributed by atoms with Gasteiger partial charge < -0.3 is 9.15 Å². The van der Waals surface area contributed by atoms with E-state index in [1.807, 2.05) is 6.92 Å². The molecule has 0 fully saturated rings. The van der Waals surface area contributed by atoms with Crippen molar-refractivity contribution in [3.05, 3.63) is 48.5 Å². The van der Waals surface area contributed by atoms with E-state index in [4.69, 9.17) is 9.15 Å². The molecule has 0 unspecified atom stereocenters. The number of furan rings is 1. The summed E-state index contributed by atoms with van der Waals surface area (Å²) < 4.78 is 25.8. The van der Waals surface area contributed by atoms with Crippen LogP contribution in [0.3, 0.4) is 0 Å². The fourth-order valence-electron chi connectivity index (χ4n) is 2.58. The summed E-state index contributed by atoms with van der Waals surface area (Å²) in [6.07, 6.45) is 3.02. The maximum atomic E-state index is 13.4. The van der Waals surface area contributed by atoms with E-state index in [1.165, 1.54) is 23.9 Å². The van der Waals surface area contributed by atoms with Crippen molar-refractivity contribution in [3.63, 3.8) is 0 Å². The van der Waals surface area contributed by atoms with Crippen LogP contribution in [-0.2, 0) is 9.53 Å². The van der Waals surface area contributed by atoms with Crippen molar-refractivity contribution in [3.8, 4) is 17.3 Å². The Morgan fingerprint density at radius 3 is 2.67 bits per heavy atom. The van der Waals surface area contributed by atoms with Crippen molar-refractivity contribution in [1.29, 1.82) is 0 Å². The van der Waals surface area contributed by atoms with Crippen molar-refractivity contribution in [2.45, 2.75) is 37.1 Å². The number of ether oxygens (including phenoxy) is 1. The second-order valence-electron chi connectivity index (χ2n) is 5.74. The molecule has 142 valence electrons. The summed E-state index contributed by atoms with van der Waals surface area (Å²) in [5.41, 5.74) is 0.675. The molecule has 2 aromatic heterocycles. The number of carbonyl (C=O) groups excluding carboxylic acids is 1. The van der Waals surface area contributed by atoms with E-state index in [1.54, 1.807) is 42.0 Å². The predicted molar refractivity (Wildman–Crippen MR) is 100 cm³/mol. The Labute approximate surface area is 160 Å². The van der Waals surface area contributed by atoms with Gasteiger partial charge in [-0.1, -0.05) is 25.1 Å². The SMILES string of the molecule is CCC[C@@H](Sc1nnc(-c2ccco2)n1-c1ccc(F)cc1)C(=O)OCC. The number of nitrogens with zero attached hydrogens (tertiary/aromatic N) is 3. The van der Waals surface area contributed by atoms with Gasteiger partial charge in [-0.05, 0) is 49.7 Å². The van der Waals surface area contributed by atoms with Crippen LogP contribution >= 0.6 is 11.8 Å². The van der Waals surface area contributed by atoms with E-state index in [2.05, 4.69) is 10.2 Å². The molecule has 0 amide bonds. The van der Waals surface area contributed by atoms with Gasteiger partial charge in [-0.2, -0.15) is 0 Å². The second-order valence-corrected chi connectivity index (χ2v) is 6.91. The van der Waals surface area contributed by atoms with E-state index < -0.39 is 5.25 Å². The fourth-order valence-corrected chi connectivity index (χ4v) is 3.74. The topological polar surface area (TPSA) is 70.2 Å². The number of aromatic nitrogens is 3. The first-order valence-corrected chi connectivity index (χ1v) is 9.60.